The van der Waals surface area contributed by atoms with E-state index in [2.05, 4.69) is 9.97 Å². The summed E-state index contributed by atoms with van der Waals surface area (Å²) in [6, 6.07) is 0. The average molecular weight is 208 g/mol. The van der Waals surface area contributed by atoms with Gasteiger partial charge in [-0.05, 0) is 0 Å². The number of hydrogen-bond donors (Lipinski definition) is 1. The number of nitrogens with two attached hydrogens (primary N) is 1. The van der Waals surface area contributed by atoms with E-state index in [0.29, 0.717) is 0 Å². The Bertz CT molecular complexity index is 265. The van der Waals surface area contributed by atoms with Gasteiger partial charge in [0, 0.05) is 6.54 Å². The van der Waals surface area contributed by atoms with Crippen molar-refractivity contribution < 1.29 is 8.78 Å². The highest BCUT2D eigenvalue weighted by Gasteiger charge is 2.22. The lowest BCUT2D eigenvalue weighted by molar-refractivity contribution is 0.115. The van der Waals surface area contributed by atoms with E-state index in [0.717, 1.165) is 0 Å². The fourth-order valence-corrected chi connectivity index (χ4v) is 0.964. The van der Waals surface area contributed by atoms with Gasteiger partial charge in [0.15, 0.2) is 0 Å². The van der Waals surface area contributed by atoms with Crippen LogP contribution in [0.25, 0.3) is 0 Å². The average Bonchev–Trinajstić information content (AvgIpc) is 2.09. The zero-order chi connectivity index (χ0) is 9.84. The molecule has 1 rings (SSSR count). The summed E-state index contributed by atoms with van der Waals surface area (Å²) in [5, 5.41) is 0.175. The van der Waals surface area contributed by atoms with Crippen LogP contribution < -0.4 is 5.73 Å². The van der Waals surface area contributed by atoms with Crippen LogP contribution in [0.5, 0.6) is 0 Å². The van der Waals surface area contributed by atoms with Gasteiger partial charge in [0.1, 0.15) is 5.15 Å². The molecule has 72 valence electrons. The number of hydrogen-bond acceptors (Lipinski definition) is 3. The monoisotopic (exact) mass is 207 g/mol. The Morgan fingerprint density at radius 2 is 2.08 bits per heavy atom. The van der Waals surface area contributed by atoms with Crippen molar-refractivity contribution in [2.45, 2.75) is 12.3 Å². The van der Waals surface area contributed by atoms with Gasteiger partial charge >= 0.3 is 0 Å². The quantitative estimate of drug-likeness (QED) is 0.816. The number of aromatic nitrogens is 2. The summed E-state index contributed by atoms with van der Waals surface area (Å²) in [4.78, 5) is 7.36. The van der Waals surface area contributed by atoms with E-state index in [4.69, 9.17) is 17.3 Å². The first-order valence-corrected chi connectivity index (χ1v) is 3.98. The van der Waals surface area contributed by atoms with Gasteiger partial charge in [-0.25, -0.2) is 13.8 Å². The molecule has 0 aliphatic heterocycles. The largest absolute Gasteiger partial charge is 0.330 e. The molecule has 0 aromatic carbocycles. The van der Waals surface area contributed by atoms with E-state index in [1.807, 2.05) is 0 Å². The molecule has 2 N–H and O–H groups in total. The number of alkyl halides is 2. The Labute approximate surface area is 78.9 Å². The highest BCUT2D eigenvalue weighted by molar-refractivity contribution is 6.29. The number of rotatable bonds is 3. The Morgan fingerprint density at radius 1 is 1.38 bits per heavy atom. The molecule has 1 aromatic heterocycles. The van der Waals surface area contributed by atoms with Crippen LogP contribution in [-0.4, -0.2) is 22.9 Å². The van der Waals surface area contributed by atoms with Crippen LogP contribution in [0.4, 0.5) is 8.78 Å². The summed E-state index contributed by atoms with van der Waals surface area (Å²) in [5.41, 5.74) is 5.33. The highest BCUT2D eigenvalue weighted by atomic mass is 35.5. The van der Waals surface area contributed by atoms with Crippen molar-refractivity contribution in [3.8, 4) is 0 Å². The normalized spacial score (nSPS) is 13.3. The first kappa shape index (κ1) is 10.3. The van der Waals surface area contributed by atoms with Crippen molar-refractivity contribution in [1.82, 2.24) is 9.97 Å². The molecule has 0 saturated carbocycles. The van der Waals surface area contributed by atoms with Gasteiger partial charge in [-0.15, -0.1) is 0 Å². The van der Waals surface area contributed by atoms with Gasteiger partial charge in [-0.1, -0.05) is 11.6 Å². The molecule has 13 heavy (non-hydrogen) atoms. The van der Waals surface area contributed by atoms with Gasteiger partial charge in [0.25, 0.3) is 0 Å². The molecule has 1 atom stereocenters. The van der Waals surface area contributed by atoms with E-state index in [-0.39, 0.29) is 17.4 Å². The van der Waals surface area contributed by atoms with Crippen LogP contribution in [0.3, 0.4) is 0 Å². The van der Waals surface area contributed by atoms with E-state index in [9.17, 15) is 8.78 Å². The maximum absolute atomic E-state index is 12.3. The van der Waals surface area contributed by atoms with Crippen LogP contribution in [0.1, 0.15) is 11.6 Å². The van der Waals surface area contributed by atoms with Crippen LogP contribution in [0, 0.1) is 0 Å². The molecule has 0 fully saturated rings. The first-order chi connectivity index (χ1) is 6.15. The summed E-state index contributed by atoms with van der Waals surface area (Å²) in [6.45, 7) is -0.159. The van der Waals surface area contributed by atoms with Gasteiger partial charge in [-0.3, -0.25) is 4.98 Å². The fourth-order valence-electron chi connectivity index (χ4n) is 0.866. The summed E-state index contributed by atoms with van der Waals surface area (Å²) in [5.74, 6) is -1.07. The molecule has 0 bridgehead atoms. The third kappa shape index (κ3) is 2.57. The SMILES string of the molecule is NCC(c1cnc(Cl)cn1)C(F)F. The number of nitrogens with zero attached hydrogens (tertiary/aromatic N) is 2. The van der Waals surface area contributed by atoms with Crippen LogP contribution in [-0.2, 0) is 0 Å². The fraction of sp³-hybridized carbons (Fsp3) is 0.429. The summed E-state index contributed by atoms with van der Waals surface area (Å²) < 4.78 is 24.6. The molecule has 1 unspecified atom stereocenters. The topological polar surface area (TPSA) is 51.8 Å². The molecule has 1 heterocycles. The Balaban J connectivity index is 2.86. The maximum atomic E-state index is 12.3. The lowest BCUT2D eigenvalue weighted by Gasteiger charge is -2.11. The molecule has 3 nitrogen and oxygen atoms in total. The second-order valence-electron chi connectivity index (χ2n) is 2.44. The van der Waals surface area contributed by atoms with Crippen LogP contribution >= 0.6 is 11.6 Å². The van der Waals surface area contributed by atoms with E-state index in [1.165, 1.54) is 12.4 Å². The number of halogens is 3. The maximum Gasteiger partial charge on any atom is 0.248 e. The molecule has 0 radical (unpaired) electrons. The second kappa shape index (κ2) is 4.43. The molecule has 0 spiro atoms. The van der Waals surface area contributed by atoms with Gasteiger partial charge in [0.2, 0.25) is 6.43 Å². The van der Waals surface area contributed by atoms with Crippen LogP contribution in [0.2, 0.25) is 5.15 Å². The Hall–Kier alpha value is -0.810. The zero-order valence-electron chi connectivity index (χ0n) is 6.62. The minimum atomic E-state index is -2.53. The zero-order valence-corrected chi connectivity index (χ0v) is 7.38. The van der Waals surface area contributed by atoms with Crippen molar-refractivity contribution in [3.63, 3.8) is 0 Å². The molecule has 0 amide bonds. The summed E-state index contributed by atoms with van der Waals surface area (Å²) >= 11 is 5.45. The van der Waals surface area contributed by atoms with Crippen molar-refractivity contribution in [2.75, 3.05) is 6.54 Å². The first-order valence-electron chi connectivity index (χ1n) is 3.60. The third-order valence-corrected chi connectivity index (χ3v) is 1.77. The molecule has 1 aromatic rings. The van der Waals surface area contributed by atoms with Crippen LogP contribution in [0.15, 0.2) is 12.4 Å². The van der Waals surface area contributed by atoms with Crippen molar-refractivity contribution >= 4 is 11.6 Å². The third-order valence-electron chi connectivity index (χ3n) is 1.58. The van der Waals surface area contributed by atoms with Gasteiger partial charge in [-0.2, -0.15) is 0 Å². The van der Waals surface area contributed by atoms with E-state index < -0.39 is 12.3 Å². The molecule has 0 aliphatic rings. The smallest absolute Gasteiger partial charge is 0.248 e. The van der Waals surface area contributed by atoms with Crippen molar-refractivity contribution in [2.24, 2.45) is 5.73 Å². The molecular formula is C7H8ClF2N3. The van der Waals surface area contributed by atoms with E-state index >= 15 is 0 Å². The summed E-state index contributed by atoms with van der Waals surface area (Å²) in [6.07, 6.45) is -0.0889. The predicted molar refractivity (Wildman–Crippen MR) is 44.8 cm³/mol. The predicted octanol–water partition coefficient (Wildman–Crippen LogP) is 1.44. The highest BCUT2D eigenvalue weighted by Crippen LogP contribution is 2.19. The lowest BCUT2D eigenvalue weighted by Crippen LogP contribution is -2.20. The standard InChI is InChI=1S/C7H8ClF2N3/c8-6-3-12-5(2-13-6)4(1-11)7(9)10/h2-4,7H,1,11H2. The lowest BCUT2D eigenvalue weighted by atomic mass is 10.1. The minimum Gasteiger partial charge on any atom is -0.330 e. The van der Waals surface area contributed by atoms with Gasteiger partial charge in [0.05, 0.1) is 24.0 Å². The molecule has 0 saturated heterocycles. The summed E-state index contributed by atoms with van der Waals surface area (Å²) in [7, 11) is 0. The van der Waals surface area contributed by atoms with Gasteiger partial charge < -0.3 is 5.73 Å². The van der Waals surface area contributed by atoms with Crippen molar-refractivity contribution in [3.05, 3.63) is 23.2 Å². The Morgan fingerprint density at radius 3 is 2.46 bits per heavy atom. The minimum absolute atomic E-state index is 0.159. The molecular weight excluding hydrogens is 200 g/mol. The van der Waals surface area contributed by atoms with Crippen molar-refractivity contribution in [1.29, 1.82) is 0 Å². The molecule has 6 heteroatoms. The van der Waals surface area contributed by atoms with E-state index in [1.54, 1.807) is 0 Å². The molecule has 0 aliphatic carbocycles. The Kier molecular flexibility index (Phi) is 3.50. The second-order valence-corrected chi connectivity index (χ2v) is 2.83.